The minimum absolute atomic E-state index is 0.103. The molecule has 3 aliphatic rings. The molecular weight excluding hydrogens is 410 g/mol. The number of carbonyl (C=O) groups excluding carboxylic acids is 1. The minimum atomic E-state index is -0.257. The lowest BCUT2D eigenvalue weighted by atomic mass is 9.99. The molecule has 1 atom stereocenters. The predicted octanol–water partition coefficient (Wildman–Crippen LogP) is 5.03. The largest absolute Gasteiger partial charge is 0.454 e. The number of rotatable bonds is 3. The molecule has 1 unspecified atom stereocenters. The number of hydrogen-bond donors (Lipinski definition) is 0. The fourth-order valence-corrected chi connectivity index (χ4v) is 4.84. The molecule has 0 N–H and O–H groups in total. The van der Waals surface area contributed by atoms with Gasteiger partial charge in [0.25, 0.3) is 5.91 Å². The molecule has 4 heterocycles. The van der Waals surface area contributed by atoms with E-state index in [1.807, 2.05) is 35.0 Å². The molecule has 1 fully saturated rings. The molecule has 1 saturated carbocycles. The van der Waals surface area contributed by atoms with E-state index in [1.54, 1.807) is 5.01 Å². The summed E-state index contributed by atoms with van der Waals surface area (Å²) >= 11 is 8.10. The standard InChI is InChI=1S/C21H16ClN3O3S/c22-20-14(5-13-6-18-19(28-10-27-18)8-15(13)23-20)17-7-16(11-1-2-11)24-25(17)21(26)12-3-4-29-9-12/h3-6,8-9,11,17H,1-2,7,10H2. The zero-order valence-electron chi connectivity index (χ0n) is 15.3. The SMILES string of the molecule is O=C(c1ccsc1)N1N=C(C2CC2)CC1c1cc2cc3c(cc2nc1Cl)OCO3. The van der Waals surface area contributed by atoms with Crippen LogP contribution in [0.5, 0.6) is 11.5 Å². The quantitative estimate of drug-likeness (QED) is 0.552. The molecule has 6 nitrogen and oxygen atoms in total. The number of ether oxygens (including phenoxy) is 2. The molecule has 8 heteroatoms. The summed E-state index contributed by atoms with van der Waals surface area (Å²) in [5, 5.41) is 11.3. The van der Waals surface area contributed by atoms with Crippen LogP contribution in [0.25, 0.3) is 10.9 Å². The summed E-state index contributed by atoms with van der Waals surface area (Å²) in [7, 11) is 0. The lowest BCUT2D eigenvalue weighted by Crippen LogP contribution is -2.27. The maximum atomic E-state index is 13.1. The number of hydrazone groups is 1. The van der Waals surface area contributed by atoms with E-state index in [2.05, 4.69) is 4.98 Å². The van der Waals surface area contributed by atoms with Crippen molar-refractivity contribution in [3.63, 3.8) is 0 Å². The summed E-state index contributed by atoms with van der Waals surface area (Å²) in [4.78, 5) is 17.7. The Morgan fingerprint density at radius 1 is 1.21 bits per heavy atom. The van der Waals surface area contributed by atoms with Gasteiger partial charge in [-0.15, -0.1) is 0 Å². The minimum Gasteiger partial charge on any atom is -0.454 e. The van der Waals surface area contributed by atoms with Gasteiger partial charge in [0, 0.05) is 34.5 Å². The summed E-state index contributed by atoms with van der Waals surface area (Å²) in [6, 6.07) is 7.31. The van der Waals surface area contributed by atoms with Gasteiger partial charge >= 0.3 is 0 Å². The molecule has 29 heavy (non-hydrogen) atoms. The number of halogens is 1. The van der Waals surface area contributed by atoms with Crippen molar-refractivity contribution >= 4 is 45.5 Å². The van der Waals surface area contributed by atoms with Gasteiger partial charge in [0.05, 0.1) is 17.1 Å². The first kappa shape index (κ1) is 17.2. The van der Waals surface area contributed by atoms with Crippen LogP contribution < -0.4 is 9.47 Å². The number of pyridine rings is 1. The van der Waals surface area contributed by atoms with Crippen LogP contribution in [0.2, 0.25) is 5.15 Å². The molecule has 0 radical (unpaired) electrons. The molecule has 1 amide bonds. The molecule has 1 aliphatic carbocycles. The van der Waals surface area contributed by atoms with Crippen molar-refractivity contribution in [2.45, 2.75) is 25.3 Å². The Labute approximate surface area is 175 Å². The predicted molar refractivity (Wildman–Crippen MR) is 111 cm³/mol. The van der Waals surface area contributed by atoms with Crippen LogP contribution in [0.15, 0.2) is 40.1 Å². The highest BCUT2D eigenvalue weighted by Crippen LogP contribution is 2.44. The number of aromatic nitrogens is 1. The first-order valence-electron chi connectivity index (χ1n) is 9.50. The molecule has 146 valence electrons. The Bertz CT molecular complexity index is 1170. The highest BCUT2D eigenvalue weighted by Gasteiger charge is 2.40. The molecule has 0 spiro atoms. The van der Waals surface area contributed by atoms with Gasteiger partial charge in [0.15, 0.2) is 11.5 Å². The van der Waals surface area contributed by atoms with Crippen LogP contribution >= 0.6 is 22.9 Å². The molecule has 2 aliphatic heterocycles. The van der Waals surface area contributed by atoms with Gasteiger partial charge in [-0.2, -0.15) is 16.4 Å². The number of nitrogens with zero attached hydrogens (tertiary/aromatic N) is 3. The third-order valence-electron chi connectivity index (χ3n) is 5.61. The first-order chi connectivity index (χ1) is 14.2. The van der Waals surface area contributed by atoms with Gasteiger partial charge in [-0.25, -0.2) is 9.99 Å². The van der Waals surface area contributed by atoms with Crippen molar-refractivity contribution in [2.24, 2.45) is 11.0 Å². The summed E-state index contributed by atoms with van der Waals surface area (Å²) in [6.07, 6.45) is 2.97. The number of fused-ring (bicyclic) bond motifs is 2. The zero-order chi connectivity index (χ0) is 19.5. The Kier molecular flexibility index (Phi) is 3.82. The Hall–Kier alpha value is -2.64. The van der Waals surface area contributed by atoms with Gasteiger partial charge in [-0.1, -0.05) is 11.6 Å². The normalized spacial score (nSPS) is 20.4. The van der Waals surface area contributed by atoms with E-state index in [0.717, 1.165) is 35.0 Å². The van der Waals surface area contributed by atoms with Crippen molar-refractivity contribution in [1.29, 1.82) is 0 Å². The van der Waals surface area contributed by atoms with E-state index in [9.17, 15) is 4.79 Å². The Balaban J connectivity index is 1.43. The smallest absolute Gasteiger partial charge is 0.275 e. The van der Waals surface area contributed by atoms with Gasteiger partial charge in [0.2, 0.25) is 6.79 Å². The van der Waals surface area contributed by atoms with Crippen molar-refractivity contribution in [1.82, 2.24) is 9.99 Å². The van der Waals surface area contributed by atoms with E-state index in [-0.39, 0.29) is 18.7 Å². The van der Waals surface area contributed by atoms with Crippen LogP contribution in [0, 0.1) is 5.92 Å². The number of carbonyl (C=O) groups is 1. The lowest BCUT2D eigenvalue weighted by Gasteiger charge is -2.22. The van der Waals surface area contributed by atoms with Gasteiger partial charge in [-0.3, -0.25) is 4.79 Å². The fraction of sp³-hybridized carbons (Fsp3) is 0.286. The zero-order valence-corrected chi connectivity index (χ0v) is 16.9. The summed E-state index contributed by atoms with van der Waals surface area (Å²) in [5.41, 5.74) is 3.27. The topological polar surface area (TPSA) is 64.0 Å². The molecule has 0 bridgehead atoms. The van der Waals surface area contributed by atoms with Crippen LogP contribution in [-0.2, 0) is 0 Å². The maximum Gasteiger partial charge on any atom is 0.275 e. The first-order valence-corrected chi connectivity index (χ1v) is 10.8. The van der Waals surface area contributed by atoms with Crippen molar-refractivity contribution < 1.29 is 14.3 Å². The average molecular weight is 426 g/mol. The summed E-state index contributed by atoms with van der Waals surface area (Å²) in [5.74, 6) is 1.75. The third kappa shape index (κ3) is 2.88. The molecule has 1 aromatic carbocycles. The fourth-order valence-electron chi connectivity index (χ4n) is 3.94. The molecule has 6 rings (SSSR count). The summed E-state index contributed by atoms with van der Waals surface area (Å²) < 4.78 is 10.9. The van der Waals surface area contributed by atoms with Crippen molar-refractivity contribution in [3.05, 3.63) is 51.3 Å². The van der Waals surface area contributed by atoms with E-state index >= 15 is 0 Å². The van der Waals surface area contributed by atoms with E-state index < -0.39 is 0 Å². The number of hydrogen-bond acceptors (Lipinski definition) is 6. The summed E-state index contributed by atoms with van der Waals surface area (Å²) in [6.45, 7) is 0.205. The Morgan fingerprint density at radius 2 is 2.03 bits per heavy atom. The van der Waals surface area contributed by atoms with Gasteiger partial charge in [0.1, 0.15) is 5.15 Å². The van der Waals surface area contributed by atoms with Crippen LogP contribution in [0.3, 0.4) is 0 Å². The monoisotopic (exact) mass is 425 g/mol. The second-order valence-corrected chi connectivity index (χ2v) is 8.65. The van der Waals surface area contributed by atoms with Gasteiger partial charge in [-0.05, 0) is 42.3 Å². The van der Waals surface area contributed by atoms with Crippen molar-refractivity contribution in [3.8, 4) is 11.5 Å². The highest BCUT2D eigenvalue weighted by atomic mass is 35.5. The van der Waals surface area contributed by atoms with E-state index in [1.165, 1.54) is 11.3 Å². The third-order valence-corrected chi connectivity index (χ3v) is 6.59. The molecule has 2 aromatic heterocycles. The highest BCUT2D eigenvalue weighted by molar-refractivity contribution is 7.08. The molecular formula is C21H16ClN3O3S. The van der Waals surface area contributed by atoms with E-state index in [4.69, 9.17) is 26.2 Å². The molecule has 3 aromatic rings. The number of thiophene rings is 1. The van der Waals surface area contributed by atoms with Gasteiger partial charge < -0.3 is 9.47 Å². The second-order valence-electron chi connectivity index (χ2n) is 7.51. The van der Waals surface area contributed by atoms with Crippen LogP contribution in [-0.4, -0.2) is 28.4 Å². The maximum absolute atomic E-state index is 13.1. The van der Waals surface area contributed by atoms with Crippen LogP contribution in [0.1, 0.15) is 41.2 Å². The second kappa shape index (κ2) is 6.43. The average Bonchev–Trinajstić information content (AvgIpc) is 3.13. The van der Waals surface area contributed by atoms with E-state index in [0.29, 0.717) is 34.6 Å². The number of amides is 1. The lowest BCUT2D eigenvalue weighted by molar-refractivity contribution is 0.0711. The van der Waals surface area contributed by atoms with Crippen LogP contribution in [0.4, 0.5) is 0 Å². The molecule has 0 saturated heterocycles. The van der Waals surface area contributed by atoms with Crippen molar-refractivity contribution in [2.75, 3.05) is 6.79 Å². The Morgan fingerprint density at radius 3 is 2.79 bits per heavy atom. The number of benzene rings is 1.